The van der Waals surface area contributed by atoms with E-state index < -0.39 is 30.3 Å². The second-order valence-corrected chi connectivity index (χ2v) is 12.7. The molecular formula is C34H43N3O7. The van der Waals surface area contributed by atoms with Crippen molar-refractivity contribution in [3.8, 4) is 5.88 Å². The molecule has 2 aromatic rings. The van der Waals surface area contributed by atoms with Gasteiger partial charge in [-0.15, -0.1) is 0 Å². The summed E-state index contributed by atoms with van der Waals surface area (Å²) in [7, 11) is 1.30. The standard InChI is InChI=1S/C34H43N3O7/c1-42-33(40)27-20-25-21-37(27)32(39)30(23-12-5-6-13-23)35-34(41)44-28-17-10-15-22(28)11-4-2-3-9-18-36-29(43-25)19-24-14-7-8-16-26(24)31(36)38/h3,7-9,14,16,19,22-23,25,27-28,30H,2,4-6,10-13,15,17-18,20-21H2,1H3,(H,35,41)/b9-3-/t22-,25-,27+,28-,30+/m1/s1. The van der Waals surface area contributed by atoms with Crippen LogP contribution in [0.3, 0.4) is 0 Å². The van der Waals surface area contributed by atoms with Crippen molar-refractivity contribution in [3.63, 3.8) is 0 Å². The molecule has 1 N–H and O–H groups in total. The Hall–Kier alpha value is -3.82. The summed E-state index contributed by atoms with van der Waals surface area (Å²) in [6.45, 7) is 0.465. The fourth-order valence-electron chi connectivity index (χ4n) is 7.63. The van der Waals surface area contributed by atoms with Crippen LogP contribution in [0.2, 0.25) is 0 Å². The summed E-state index contributed by atoms with van der Waals surface area (Å²) in [5.74, 6) is -0.231. The van der Waals surface area contributed by atoms with Gasteiger partial charge in [0.1, 0.15) is 24.3 Å². The summed E-state index contributed by atoms with van der Waals surface area (Å²) in [5, 5.41) is 4.30. The van der Waals surface area contributed by atoms with E-state index in [1.165, 1.54) is 12.0 Å². The highest BCUT2D eigenvalue weighted by Crippen LogP contribution is 2.34. The molecule has 44 heavy (non-hydrogen) atoms. The minimum Gasteiger partial charge on any atom is -0.473 e. The van der Waals surface area contributed by atoms with E-state index in [2.05, 4.69) is 11.4 Å². The van der Waals surface area contributed by atoms with Gasteiger partial charge in [0, 0.05) is 24.4 Å². The quantitative estimate of drug-likeness (QED) is 0.389. The van der Waals surface area contributed by atoms with Crippen LogP contribution in [0, 0.1) is 11.8 Å². The van der Waals surface area contributed by atoms with E-state index in [0.29, 0.717) is 17.8 Å². The Balaban J connectivity index is 1.36. The molecule has 236 valence electrons. The van der Waals surface area contributed by atoms with Crippen LogP contribution in [0.25, 0.3) is 10.8 Å². The average Bonchev–Trinajstić information content (AvgIpc) is 3.80. The molecule has 0 radical (unpaired) electrons. The van der Waals surface area contributed by atoms with Gasteiger partial charge in [-0.1, -0.05) is 43.2 Å². The number of methoxy groups -OCH3 is 1. The molecule has 6 rings (SSSR count). The minimum absolute atomic E-state index is 0.0430. The Kier molecular flexibility index (Phi) is 9.23. The molecule has 2 bridgehead atoms. The number of hydrogen-bond donors (Lipinski definition) is 1. The number of carbonyl (C=O) groups is 3. The highest BCUT2D eigenvalue weighted by Gasteiger charge is 2.46. The molecule has 10 nitrogen and oxygen atoms in total. The predicted octanol–water partition coefficient (Wildman–Crippen LogP) is 4.72. The van der Waals surface area contributed by atoms with Gasteiger partial charge in [-0.25, -0.2) is 9.59 Å². The number of esters is 1. The van der Waals surface area contributed by atoms with Crippen LogP contribution < -0.4 is 15.6 Å². The number of amides is 2. The number of nitrogens with one attached hydrogen (secondary N) is 1. The highest BCUT2D eigenvalue weighted by atomic mass is 16.6. The summed E-state index contributed by atoms with van der Waals surface area (Å²) in [4.78, 5) is 55.6. The van der Waals surface area contributed by atoms with Crippen molar-refractivity contribution < 1.29 is 28.6 Å². The lowest BCUT2D eigenvalue weighted by Gasteiger charge is -2.31. The normalized spacial score (nSPS) is 29.4. The lowest BCUT2D eigenvalue weighted by Crippen LogP contribution is -2.55. The fourth-order valence-corrected chi connectivity index (χ4v) is 7.63. The number of benzene rings is 1. The summed E-state index contributed by atoms with van der Waals surface area (Å²) >= 11 is 0. The molecule has 4 aliphatic rings. The molecule has 0 spiro atoms. The number of ether oxygens (including phenoxy) is 3. The molecular weight excluding hydrogens is 562 g/mol. The summed E-state index contributed by atoms with van der Waals surface area (Å²) in [6, 6.07) is 7.58. The van der Waals surface area contributed by atoms with Gasteiger partial charge >= 0.3 is 12.1 Å². The molecule has 3 heterocycles. The molecule has 1 aromatic carbocycles. The van der Waals surface area contributed by atoms with Crippen molar-refractivity contribution in [1.29, 1.82) is 0 Å². The van der Waals surface area contributed by atoms with Crippen molar-refractivity contribution in [2.75, 3.05) is 13.7 Å². The van der Waals surface area contributed by atoms with Crippen molar-refractivity contribution in [1.82, 2.24) is 14.8 Å². The van der Waals surface area contributed by atoms with Crippen LogP contribution in [0.5, 0.6) is 5.88 Å². The van der Waals surface area contributed by atoms with Crippen LogP contribution in [-0.2, 0) is 25.6 Å². The molecule has 1 saturated heterocycles. The third kappa shape index (κ3) is 6.35. The zero-order chi connectivity index (χ0) is 30.6. The average molecular weight is 606 g/mol. The van der Waals surface area contributed by atoms with E-state index in [4.69, 9.17) is 14.2 Å². The van der Waals surface area contributed by atoms with Crippen LogP contribution >= 0.6 is 0 Å². The predicted molar refractivity (Wildman–Crippen MR) is 164 cm³/mol. The number of nitrogens with zero attached hydrogens (tertiary/aromatic N) is 2. The van der Waals surface area contributed by atoms with Crippen molar-refractivity contribution in [3.05, 3.63) is 52.8 Å². The lowest BCUT2D eigenvalue weighted by atomic mass is 9.96. The molecule has 0 unspecified atom stereocenters. The molecule has 1 aromatic heterocycles. The Morgan fingerprint density at radius 3 is 2.52 bits per heavy atom. The number of fused-ring (bicyclic) bond motifs is 5. The van der Waals surface area contributed by atoms with Gasteiger partial charge in [0.05, 0.1) is 13.7 Å². The molecule has 2 saturated carbocycles. The molecule has 2 amide bonds. The first-order valence-electron chi connectivity index (χ1n) is 16.2. The van der Waals surface area contributed by atoms with Gasteiger partial charge in [0.25, 0.3) is 5.56 Å². The molecule has 3 fully saturated rings. The highest BCUT2D eigenvalue weighted by molar-refractivity contribution is 5.90. The maximum atomic E-state index is 14.2. The first-order valence-corrected chi connectivity index (χ1v) is 16.2. The van der Waals surface area contributed by atoms with Gasteiger partial charge < -0.3 is 24.4 Å². The van der Waals surface area contributed by atoms with Crippen molar-refractivity contribution in [2.45, 2.75) is 101 Å². The molecule has 10 heteroatoms. The number of aromatic nitrogens is 1. The number of alkyl carbamates (subject to hydrolysis) is 1. The van der Waals surface area contributed by atoms with E-state index in [0.717, 1.165) is 69.6 Å². The van der Waals surface area contributed by atoms with Gasteiger partial charge in [-0.2, -0.15) is 0 Å². The zero-order valence-electron chi connectivity index (χ0n) is 25.5. The van der Waals surface area contributed by atoms with Crippen LogP contribution in [0.15, 0.2) is 47.3 Å². The van der Waals surface area contributed by atoms with E-state index in [-0.39, 0.29) is 42.4 Å². The second-order valence-electron chi connectivity index (χ2n) is 12.7. The smallest absolute Gasteiger partial charge is 0.408 e. The van der Waals surface area contributed by atoms with Gasteiger partial charge in [-0.3, -0.25) is 14.2 Å². The Morgan fingerprint density at radius 1 is 0.932 bits per heavy atom. The maximum absolute atomic E-state index is 14.2. The van der Waals surface area contributed by atoms with E-state index in [9.17, 15) is 19.2 Å². The molecule has 2 aliphatic heterocycles. The number of carbonyl (C=O) groups excluding carboxylic acids is 3. The summed E-state index contributed by atoms with van der Waals surface area (Å²) < 4.78 is 19.1. The summed E-state index contributed by atoms with van der Waals surface area (Å²) in [6.07, 6.45) is 12.2. The number of allylic oxidation sites excluding steroid dienone is 2. The first-order chi connectivity index (χ1) is 21.4. The van der Waals surface area contributed by atoms with Gasteiger partial charge in [0.15, 0.2) is 5.88 Å². The van der Waals surface area contributed by atoms with Crippen molar-refractivity contribution >= 4 is 28.7 Å². The SMILES string of the molecule is COC(=O)[C@@H]1C[C@@H]2CN1C(=O)[C@H](C1CCCC1)NC(=O)O[C@@H]1CCC[C@H]1CCC/C=C\Cn1c(cc3ccccc3c1=O)O2. The monoisotopic (exact) mass is 605 g/mol. The first kappa shape index (κ1) is 30.2. The van der Waals surface area contributed by atoms with E-state index >= 15 is 0 Å². The Bertz CT molecular complexity index is 1460. The van der Waals surface area contributed by atoms with Gasteiger partial charge in [-0.05, 0) is 74.7 Å². The number of hydrogen-bond acceptors (Lipinski definition) is 7. The lowest BCUT2D eigenvalue weighted by molar-refractivity contribution is -0.152. The fraction of sp³-hybridized carbons (Fsp3) is 0.588. The van der Waals surface area contributed by atoms with Crippen molar-refractivity contribution in [2.24, 2.45) is 11.8 Å². The Labute approximate surface area is 257 Å². The maximum Gasteiger partial charge on any atom is 0.408 e. The topological polar surface area (TPSA) is 116 Å². The minimum atomic E-state index is -0.871. The Morgan fingerprint density at radius 2 is 1.70 bits per heavy atom. The second kappa shape index (κ2) is 13.4. The largest absolute Gasteiger partial charge is 0.473 e. The number of pyridine rings is 1. The molecule has 2 aliphatic carbocycles. The zero-order valence-corrected chi connectivity index (χ0v) is 25.5. The summed E-state index contributed by atoms with van der Waals surface area (Å²) in [5.41, 5.74) is -0.154. The number of rotatable bonds is 2. The van der Waals surface area contributed by atoms with Crippen LogP contribution in [-0.4, -0.2) is 65.4 Å². The van der Waals surface area contributed by atoms with Gasteiger partial charge in [0.2, 0.25) is 5.91 Å². The van der Waals surface area contributed by atoms with Crippen LogP contribution in [0.4, 0.5) is 4.79 Å². The third-order valence-corrected chi connectivity index (χ3v) is 9.95. The molecule has 5 atom stereocenters. The third-order valence-electron chi connectivity index (χ3n) is 9.95. The van der Waals surface area contributed by atoms with Crippen LogP contribution in [0.1, 0.15) is 70.6 Å². The van der Waals surface area contributed by atoms with E-state index in [1.54, 1.807) is 4.57 Å². The van der Waals surface area contributed by atoms with E-state index in [1.807, 2.05) is 36.4 Å².